The molecule has 3 N–H and O–H groups in total. The number of amides is 1. The summed E-state index contributed by atoms with van der Waals surface area (Å²) in [7, 11) is 0. The Kier molecular flexibility index (Phi) is 4.19. The average molecular weight is 223 g/mol. The zero-order chi connectivity index (χ0) is 12.1. The summed E-state index contributed by atoms with van der Waals surface area (Å²) in [5, 5.41) is 0. The summed E-state index contributed by atoms with van der Waals surface area (Å²) in [4.78, 5) is 21.7. The van der Waals surface area contributed by atoms with Crippen LogP contribution in [0.4, 0.5) is 5.82 Å². The molecule has 1 amide bonds. The monoisotopic (exact) mass is 223 g/mol. The van der Waals surface area contributed by atoms with Gasteiger partial charge in [0.05, 0.1) is 12.4 Å². The van der Waals surface area contributed by atoms with E-state index in [4.69, 9.17) is 5.84 Å². The molecular weight excluding hydrogens is 206 g/mol. The Morgan fingerprint density at radius 2 is 2.25 bits per heavy atom. The van der Waals surface area contributed by atoms with E-state index >= 15 is 0 Å². The molecule has 0 saturated carbocycles. The molecule has 0 bridgehead atoms. The van der Waals surface area contributed by atoms with Crippen molar-refractivity contribution >= 4 is 11.7 Å². The highest BCUT2D eigenvalue weighted by atomic mass is 16.2. The summed E-state index contributed by atoms with van der Waals surface area (Å²) in [5.74, 6) is 5.45. The van der Waals surface area contributed by atoms with Gasteiger partial charge in [0.25, 0.3) is 5.91 Å². The summed E-state index contributed by atoms with van der Waals surface area (Å²) < 4.78 is 0. The van der Waals surface area contributed by atoms with Gasteiger partial charge < -0.3 is 10.3 Å². The lowest BCUT2D eigenvalue weighted by atomic mass is 10.3. The van der Waals surface area contributed by atoms with Crippen molar-refractivity contribution in [1.82, 2.24) is 14.9 Å². The van der Waals surface area contributed by atoms with Crippen molar-refractivity contribution in [3.8, 4) is 0 Å². The zero-order valence-electron chi connectivity index (χ0n) is 9.77. The van der Waals surface area contributed by atoms with Crippen molar-refractivity contribution in [2.75, 3.05) is 12.0 Å². The first kappa shape index (κ1) is 12.4. The molecule has 0 spiro atoms. The van der Waals surface area contributed by atoms with Gasteiger partial charge in [0.2, 0.25) is 0 Å². The minimum Gasteiger partial charge on any atom is -0.335 e. The number of carbonyl (C=O) groups is 1. The SMILES string of the molecule is CCN(C(=O)c1cncc(NN)n1)C(C)C. The van der Waals surface area contributed by atoms with Crippen LogP contribution in [0.25, 0.3) is 0 Å². The van der Waals surface area contributed by atoms with Crippen LogP contribution in [0.3, 0.4) is 0 Å². The highest BCUT2D eigenvalue weighted by molar-refractivity contribution is 5.92. The molecule has 6 nitrogen and oxygen atoms in total. The first-order valence-electron chi connectivity index (χ1n) is 5.19. The Hall–Kier alpha value is -1.69. The third kappa shape index (κ3) is 2.66. The van der Waals surface area contributed by atoms with Gasteiger partial charge in [-0.05, 0) is 20.8 Å². The van der Waals surface area contributed by atoms with Crippen molar-refractivity contribution in [3.05, 3.63) is 18.1 Å². The molecule has 1 aromatic heterocycles. The van der Waals surface area contributed by atoms with Crippen molar-refractivity contribution in [1.29, 1.82) is 0 Å². The van der Waals surface area contributed by atoms with Crippen molar-refractivity contribution in [3.63, 3.8) is 0 Å². The van der Waals surface area contributed by atoms with E-state index in [1.165, 1.54) is 12.4 Å². The number of hydrogen-bond donors (Lipinski definition) is 2. The molecule has 88 valence electrons. The second-order valence-corrected chi connectivity index (χ2v) is 3.62. The summed E-state index contributed by atoms with van der Waals surface area (Å²) in [5.41, 5.74) is 2.66. The van der Waals surface area contributed by atoms with Crippen molar-refractivity contribution < 1.29 is 4.79 Å². The largest absolute Gasteiger partial charge is 0.335 e. The molecule has 0 aromatic carbocycles. The highest BCUT2D eigenvalue weighted by Crippen LogP contribution is 2.07. The van der Waals surface area contributed by atoms with E-state index in [0.717, 1.165) is 0 Å². The van der Waals surface area contributed by atoms with Gasteiger partial charge in [-0.25, -0.2) is 10.8 Å². The number of nitrogens with zero attached hydrogens (tertiary/aromatic N) is 3. The van der Waals surface area contributed by atoms with E-state index in [1.807, 2.05) is 20.8 Å². The average Bonchev–Trinajstić information content (AvgIpc) is 2.29. The van der Waals surface area contributed by atoms with E-state index in [9.17, 15) is 4.79 Å². The Morgan fingerprint density at radius 1 is 1.56 bits per heavy atom. The lowest BCUT2D eigenvalue weighted by molar-refractivity contribution is 0.0710. The third-order valence-electron chi connectivity index (χ3n) is 2.23. The van der Waals surface area contributed by atoms with Gasteiger partial charge in [-0.1, -0.05) is 0 Å². The number of hydrogen-bond acceptors (Lipinski definition) is 5. The minimum absolute atomic E-state index is 0.133. The van der Waals surface area contributed by atoms with Gasteiger partial charge in [-0.15, -0.1) is 0 Å². The molecule has 0 aliphatic rings. The van der Waals surface area contributed by atoms with Crippen LogP contribution >= 0.6 is 0 Å². The molecule has 1 aromatic rings. The molecule has 0 saturated heterocycles. The quantitative estimate of drug-likeness (QED) is 0.578. The molecule has 0 fully saturated rings. The minimum atomic E-state index is -0.137. The number of hydrazine groups is 1. The lowest BCUT2D eigenvalue weighted by Gasteiger charge is -2.24. The molecule has 1 heterocycles. The van der Waals surface area contributed by atoms with E-state index < -0.39 is 0 Å². The maximum Gasteiger partial charge on any atom is 0.274 e. The molecule has 16 heavy (non-hydrogen) atoms. The summed E-state index contributed by atoms with van der Waals surface area (Å²) in [6, 6.07) is 0.133. The zero-order valence-corrected chi connectivity index (χ0v) is 9.77. The Bertz CT molecular complexity index is 366. The summed E-state index contributed by atoms with van der Waals surface area (Å²) in [6.45, 7) is 6.48. The first-order chi connectivity index (χ1) is 7.60. The first-order valence-corrected chi connectivity index (χ1v) is 5.19. The van der Waals surface area contributed by atoms with Crippen LogP contribution in [0.15, 0.2) is 12.4 Å². The van der Waals surface area contributed by atoms with E-state index in [1.54, 1.807) is 4.90 Å². The number of nitrogens with one attached hydrogen (secondary N) is 1. The van der Waals surface area contributed by atoms with E-state index in [0.29, 0.717) is 18.1 Å². The van der Waals surface area contributed by atoms with Gasteiger partial charge in [-0.2, -0.15) is 0 Å². The van der Waals surface area contributed by atoms with Crippen LogP contribution < -0.4 is 11.3 Å². The second kappa shape index (κ2) is 5.41. The van der Waals surface area contributed by atoms with Crippen LogP contribution in [-0.2, 0) is 0 Å². The van der Waals surface area contributed by atoms with E-state index in [2.05, 4.69) is 15.4 Å². The number of anilines is 1. The molecular formula is C10H17N5O. The maximum atomic E-state index is 12.0. The van der Waals surface area contributed by atoms with Crippen LogP contribution in [0.5, 0.6) is 0 Å². The molecule has 0 atom stereocenters. The second-order valence-electron chi connectivity index (χ2n) is 3.62. The van der Waals surface area contributed by atoms with Gasteiger partial charge in [-0.3, -0.25) is 9.78 Å². The van der Waals surface area contributed by atoms with Crippen LogP contribution in [0.1, 0.15) is 31.3 Å². The topological polar surface area (TPSA) is 84.1 Å². The number of nitrogen functional groups attached to an aromatic ring is 1. The normalized spacial score (nSPS) is 10.3. The van der Waals surface area contributed by atoms with E-state index in [-0.39, 0.29) is 11.9 Å². The van der Waals surface area contributed by atoms with Gasteiger partial charge in [0.15, 0.2) is 5.82 Å². The number of nitrogens with two attached hydrogens (primary N) is 1. The predicted octanol–water partition coefficient (Wildman–Crippen LogP) is 0.633. The third-order valence-corrected chi connectivity index (χ3v) is 2.23. The van der Waals surface area contributed by atoms with Crippen LogP contribution in [0, 0.1) is 0 Å². The molecule has 0 aliphatic heterocycles. The number of rotatable bonds is 4. The summed E-state index contributed by atoms with van der Waals surface area (Å²) >= 11 is 0. The smallest absolute Gasteiger partial charge is 0.274 e. The number of carbonyl (C=O) groups excluding carboxylic acids is 1. The summed E-state index contributed by atoms with van der Waals surface area (Å²) in [6.07, 6.45) is 2.90. The van der Waals surface area contributed by atoms with Gasteiger partial charge in [0.1, 0.15) is 5.69 Å². The molecule has 0 aliphatic carbocycles. The fourth-order valence-corrected chi connectivity index (χ4v) is 1.43. The molecule has 1 rings (SSSR count). The van der Waals surface area contributed by atoms with Gasteiger partial charge in [0, 0.05) is 12.6 Å². The molecule has 6 heteroatoms. The van der Waals surface area contributed by atoms with Crippen molar-refractivity contribution in [2.45, 2.75) is 26.8 Å². The number of aromatic nitrogens is 2. The Labute approximate surface area is 94.8 Å². The van der Waals surface area contributed by atoms with Crippen LogP contribution in [0.2, 0.25) is 0 Å². The Balaban J connectivity index is 2.94. The molecule has 0 radical (unpaired) electrons. The van der Waals surface area contributed by atoms with Crippen molar-refractivity contribution in [2.24, 2.45) is 5.84 Å². The van der Waals surface area contributed by atoms with Crippen LogP contribution in [-0.4, -0.2) is 33.4 Å². The standard InChI is InChI=1S/C10H17N5O/c1-4-15(7(2)3)10(16)8-5-12-6-9(13-8)14-11/h5-7H,4,11H2,1-3H3,(H,13,14). The highest BCUT2D eigenvalue weighted by Gasteiger charge is 2.18. The Morgan fingerprint density at radius 3 is 2.75 bits per heavy atom. The van der Waals surface area contributed by atoms with Gasteiger partial charge >= 0.3 is 0 Å². The fraction of sp³-hybridized carbons (Fsp3) is 0.500. The predicted molar refractivity (Wildman–Crippen MR) is 61.7 cm³/mol. The lowest BCUT2D eigenvalue weighted by Crippen LogP contribution is -2.37. The fourth-order valence-electron chi connectivity index (χ4n) is 1.43. The maximum absolute atomic E-state index is 12.0. The molecule has 0 unspecified atom stereocenters.